The van der Waals surface area contributed by atoms with E-state index >= 15 is 0 Å². The summed E-state index contributed by atoms with van der Waals surface area (Å²) in [6.07, 6.45) is 4.53. The Hall–Kier alpha value is -2.25. The molecule has 0 unspecified atom stereocenters. The Balaban J connectivity index is 0.00000196. The first kappa shape index (κ1) is 18.5. The van der Waals surface area contributed by atoms with Crippen molar-refractivity contribution >= 4 is 34.6 Å². The zero-order chi connectivity index (χ0) is 17.4. The van der Waals surface area contributed by atoms with Gasteiger partial charge in [-0.3, -0.25) is 9.20 Å². The van der Waals surface area contributed by atoms with Gasteiger partial charge in [-0.2, -0.15) is 0 Å². The van der Waals surface area contributed by atoms with Gasteiger partial charge in [-0.25, -0.2) is 4.98 Å². The van der Waals surface area contributed by atoms with Crippen molar-refractivity contribution in [1.29, 1.82) is 0 Å². The second kappa shape index (κ2) is 7.55. The summed E-state index contributed by atoms with van der Waals surface area (Å²) >= 11 is 1.54. The number of carbonyl (C=O) groups is 1. The maximum absolute atomic E-state index is 12.1. The highest BCUT2D eigenvalue weighted by molar-refractivity contribution is 7.15. The van der Waals surface area contributed by atoms with Crippen molar-refractivity contribution < 1.29 is 14.3 Å². The zero-order valence-corrected chi connectivity index (χ0v) is 16.2. The van der Waals surface area contributed by atoms with Crippen LogP contribution in [0.5, 0.6) is 11.5 Å². The summed E-state index contributed by atoms with van der Waals surface area (Å²) in [5.41, 5.74) is 2.75. The van der Waals surface area contributed by atoms with Crippen molar-refractivity contribution in [3.63, 3.8) is 0 Å². The number of nitrogens with one attached hydrogen (secondary N) is 1. The van der Waals surface area contributed by atoms with Crippen LogP contribution in [-0.4, -0.2) is 35.6 Å². The summed E-state index contributed by atoms with van der Waals surface area (Å²) < 4.78 is 12.6. The van der Waals surface area contributed by atoms with Gasteiger partial charge >= 0.3 is 0 Å². The fraction of sp³-hybridized carbons (Fsp3) is 0.333. The van der Waals surface area contributed by atoms with E-state index in [0.717, 1.165) is 34.8 Å². The maximum atomic E-state index is 12.1. The molecule has 2 heterocycles. The lowest BCUT2D eigenvalue weighted by Crippen LogP contribution is -2.27. The number of aromatic nitrogens is 2. The Bertz CT molecular complexity index is 933. The molecule has 1 N–H and O–H groups in total. The van der Waals surface area contributed by atoms with E-state index in [-0.39, 0.29) is 18.3 Å². The molecule has 8 heteroatoms. The number of amides is 1. The third-order valence-corrected chi connectivity index (χ3v) is 5.14. The van der Waals surface area contributed by atoms with E-state index in [0.29, 0.717) is 24.0 Å². The number of benzene rings is 1. The second-order valence-electron chi connectivity index (χ2n) is 6.09. The van der Waals surface area contributed by atoms with Crippen molar-refractivity contribution in [2.75, 3.05) is 14.2 Å². The van der Waals surface area contributed by atoms with Crippen LogP contribution < -0.4 is 14.8 Å². The predicted molar refractivity (Wildman–Crippen MR) is 104 cm³/mol. The highest BCUT2D eigenvalue weighted by Crippen LogP contribution is 2.32. The molecule has 0 spiro atoms. The number of ether oxygens (including phenoxy) is 2. The van der Waals surface area contributed by atoms with Gasteiger partial charge in [-0.15, -0.1) is 23.7 Å². The maximum Gasteiger partial charge on any atom is 0.226 e. The topological polar surface area (TPSA) is 64.9 Å². The Morgan fingerprint density at radius 2 is 2.08 bits per heavy atom. The van der Waals surface area contributed by atoms with Crippen LogP contribution in [0.2, 0.25) is 0 Å². The van der Waals surface area contributed by atoms with E-state index in [1.807, 2.05) is 34.2 Å². The minimum atomic E-state index is 0. The first-order valence-corrected chi connectivity index (χ1v) is 9.03. The Labute approximate surface area is 161 Å². The van der Waals surface area contributed by atoms with Crippen LogP contribution in [0, 0.1) is 0 Å². The van der Waals surface area contributed by atoms with Gasteiger partial charge in [0, 0.05) is 28.9 Å². The van der Waals surface area contributed by atoms with Crippen molar-refractivity contribution in [3.05, 3.63) is 35.5 Å². The minimum Gasteiger partial charge on any atom is -0.493 e. The van der Waals surface area contributed by atoms with Gasteiger partial charge in [0.15, 0.2) is 16.5 Å². The van der Waals surface area contributed by atoms with Crippen molar-refractivity contribution in [3.8, 4) is 22.8 Å². The molecule has 26 heavy (non-hydrogen) atoms. The molecule has 138 valence electrons. The van der Waals surface area contributed by atoms with Crippen molar-refractivity contribution in [1.82, 2.24) is 14.7 Å². The van der Waals surface area contributed by atoms with Crippen LogP contribution in [0.15, 0.2) is 29.8 Å². The fourth-order valence-corrected chi connectivity index (χ4v) is 3.63. The van der Waals surface area contributed by atoms with Crippen LogP contribution in [0.4, 0.5) is 0 Å². The number of halogens is 1. The standard InChI is InChI=1S/C18H19N3O3S.ClH/c1-23-15-6-3-11(7-16(15)24-2)14-9-21-13(10-25-18(21)20-14)8-17(22)19-12-4-5-12;/h3,6-7,9-10,12H,4-5,8H2,1-2H3,(H,19,22);1H. The molecular formula is C18H20ClN3O3S. The van der Waals surface area contributed by atoms with E-state index in [9.17, 15) is 4.79 Å². The molecule has 1 saturated carbocycles. The third-order valence-electron chi connectivity index (χ3n) is 4.25. The summed E-state index contributed by atoms with van der Waals surface area (Å²) in [5.74, 6) is 1.42. The predicted octanol–water partition coefficient (Wildman–Crippen LogP) is 3.32. The highest BCUT2D eigenvalue weighted by atomic mass is 35.5. The molecule has 1 amide bonds. The number of hydrogen-bond donors (Lipinski definition) is 1. The van der Waals surface area contributed by atoms with Crippen LogP contribution in [-0.2, 0) is 11.2 Å². The quantitative estimate of drug-likeness (QED) is 0.697. The Kier molecular flexibility index (Phi) is 5.38. The van der Waals surface area contributed by atoms with Crippen LogP contribution in [0.3, 0.4) is 0 Å². The Morgan fingerprint density at radius 3 is 2.77 bits per heavy atom. The summed E-state index contributed by atoms with van der Waals surface area (Å²) in [4.78, 5) is 17.6. The minimum absolute atomic E-state index is 0. The summed E-state index contributed by atoms with van der Waals surface area (Å²) in [5, 5.41) is 5.02. The number of hydrogen-bond acceptors (Lipinski definition) is 5. The van der Waals surface area contributed by atoms with E-state index < -0.39 is 0 Å². The van der Waals surface area contributed by atoms with Gasteiger partial charge in [0.2, 0.25) is 5.91 Å². The molecule has 0 atom stereocenters. The molecule has 3 aromatic rings. The molecule has 2 aromatic heterocycles. The largest absolute Gasteiger partial charge is 0.493 e. The van der Waals surface area contributed by atoms with Gasteiger partial charge < -0.3 is 14.8 Å². The number of methoxy groups -OCH3 is 2. The average Bonchev–Trinajstić information content (AvgIpc) is 3.20. The van der Waals surface area contributed by atoms with Gasteiger partial charge in [0.25, 0.3) is 0 Å². The van der Waals surface area contributed by atoms with Crippen molar-refractivity contribution in [2.45, 2.75) is 25.3 Å². The molecule has 4 rings (SSSR count). The van der Waals surface area contributed by atoms with Gasteiger partial charge in [-0.1, -0.05) is 0 Å². The smallest absolute Gasteiger partial charge is 0.226 e. The molecule has 0 saturated heterocycles. The van der Waals surface area contributed by atoms with Crippen LogP contribution in [0.25, 0.3) is 16.2 Å². The second-order valence-corrected chi connectivity index (χ2v) is 6.93. The van der Waals surface area contributed by atoms with E-state index in [1.54, 1.807) is 14.2 Å². The van der Waals surface area contributed by atoms with Gasteiger partial charge in [-0.05, 0) is 31.0 Å². The number of carbonyl (C=O) groups excluding carboxylic acids is 1. The normalized spacial score (nSPS) is 13.3. The third kappa shape index (κ3) is 3.64. The fourth-order valence-electron chi connectivity index (χ4n) is 2.76. The van der Waals surface area contributed by atoms with E-state index in [4.69, 9.17) is 9.47 Å². The van der Waals surface area contributed by atoms with Gasteiger partial charge in [0.05, 0.1) is 26.3 Å². The lowest BCUT2D eigenvalue weighted by molar-refractivity contribution is -0.120. The van der Waals surface area contributed by atoms with Crippen LogP contribution in [0.1, 0.15) is 18.5 Å². The van der Waals surface area contributed by atoms with E-state index in [2.05, 4.69) is 10.3 Å². The molecule has 1 fully saturated rings. The van der Waals surface area contributed by atoms with Gasteiger partial charge in [0.1, 0.15) is 0 Å². The van der Waals surface area contributed by atoms with Crippen LogP contribution >= 0.6 is 23.7 Å². The van der Waals surface area contributed by atoms with E-state index in [1.165, 1.54) is 11.3 Å². The number of imidazole rings is 1. The summed E-state index contributed by atoms with van der Waals surface area (Å²) in [6.45, 7) is 0. The molecule has 6 nitrogen and oxygen atoms in total. The molecule has 0 bridgehead atoms. The molecule has 1 aliphatic carbocycles. The molecule has 1 aromatic carbocycles. The number of nitrogens with zero attached hydrogens (tertiary/aromatic N) is 2. The van der Waals surface area contributed by atoms with Crippen molar-refractivity contribution in [2.24, 2.45) is 0 Å². The lowest BCUT2D eigenvalue weighted by Gasteiger charge is -2.08. The number of thiazole rings is 1. The molecule has 1 aliphatic rings. The molecule has 0 radical (unpaired) electrons. The Morgan fingerprint density at radius 1 is 1.31 bits per heavy atom. The molecular weight excluding hydrogens is 374 g/mol. The zero-order valence-electron chi connectivity index (χ0n) is 14.5. The monoisotopic (exact) mass is 393 g/mol. The average molecular weight is 394 g/mol. The summed E-state index contributed by atoms with van der Waals surface area (Å²) in [6, 6.07) is 6.11. The summed E-state index contributed by atoms with van der Waals surface area (Å²) in [7, 11) is 3.23. The SMILES string of the molecule is COc1ccc(-c2cn3c(CC(=O)NC4CC4)csc3n2)cc1OC.Cl. The first-order valence-electron chi connectivity index (χ1n) is 8.15. The lowest BCUT2D eigenvalue weighted by atomic mass is 10.1. The highest BCUT2D eigenvalue weighted by Gasteiger charge is 2.23. The molecule has 0 aliphatic heterocycles. The first-order chi connectivity index (χ1) is 12.2. The number of rotatable bonds is 6. The number of fused-ring (bicyclic) bond motifs is 1.